The van der Waals surface area contributed by atoms with E-state index in [4.69, 9.17) is 15.9 Å². The van der Waals surface area contributed by atoms with E-state index in [9.17, 15) is 9.90 Å². The molecular formula is C26H28N6O3. The number of imidazole rings is 1. The molecule has 4 aromatic rings. The standard InChI is InChI=1S/C26H28N6O3/c1-17-22(35-26(34)32(14-5-15-33)20-6-3-2-4-7-20)13-12-21-24(17)31-23(30-21)16-29-19-10-8-18(9-11-19)25(27)28/h2-4,6-13,29,33H,5,14-16H2,1H3,(H3,27,28)(H,30,31). The molecule has 0 aliphatic rings. The number of carbonyl (C=O) groups excluding carboxylic acids is 1. The summed E-state index contributed by atoms with van der Waals surface area (Å²) in [4.78, 5) is 22.5. The number of nitrogen functional groups attached to an aromatic ring is 1. The Morgan fingerprint density at radius 1 is 1.14 bits per heavy atom. The molecule has 4 rings (SSSR count). The highest BCUT2D eigenvalue weighted by Gasteiger charge is 2.20. The molecule has 0 saturated carbocycles. The van der Waals surface area contributed by atoms with Gasteiger partial charge in [-0.05, 0) is 61.9 Å². The molecule has 35 heavy (non-hydrogen) atoms. The van der Waals surface area contributed by atoms with E-state index in [1.54, 1.807) is 18.2 Å². The number of para-hydroxylation sites is 1. The van der Waals surface area contributed by atoms with Gasteiger partial charge in [0.15, 0.2) is 0 Å². The third kappa shape index (κ3) is 5.59. The molecule has 0 unspecified atom stereocenters. The van der Waals surface area contributed by atoms with E-state index in [2.05, 4.69) is 15.3 Å². The first kappa shape index (κ1) is 23.8. The molecule has 0 aliphatic heterocycles. The number of H-pyrrole nitrogens is 1. The van der Waals surface area contributed by atoms with Crippen LogP contribution in [-0.4, -0.2) is 40.2 Å². The summed E-state index contributed by atoms with van der Waals surface area (Å²) in [5.74, 6) is 1.19. The van der Waals surface area contributed by atoms with E-state index in [1.165, 1.54) is 4.90 Å². The predicted octanol–water partition coefficient (Wildman–Crippen LogP) is 4.16. The minimum atomic E-state index is -0.515. The summed E-state index contributed by atoms with van der Waals surface area (Å²) in [5, 5.41) is 20.0. The molecular weight excluding hydrogens is 444 g/mol. The number of amidine groups is 1. The van der Waals surface area contributed by atoms with Crippen molar-refractivity contribution in [3.63, 3.8) is 0 Å². The van der Waals surface area contributed by atoms with Crippen LogP contribution in [0.3, 0.4) is 0 Å². The highest BCUT2D eigenvalue weighted by atomic mass is 16.6. The number of anilines is 2. The van der Waals surface area contributed by atoms with Gasteiger partial charge in [0, 0.05) is 35.7 Å². The number of hydrogen-bond donors (Lipinski definition) is 5. The number of nitrogens with two attached hydrogens (primary N) is 1. The van der Waals surface area contributed by atoms with Crippen molar-refractivity contribution in [2.45, 2.75) is 19.9 Å². The number of amides is 1. The van der Waals surface area contributed by atoms with Gasteiger partial charge in [0.25, 0.3) is 0 Å². The molecule has 6 N–H and O–H groups in total. The van der Waals surface area contributed by atoms with Gasteiger partial charge in [0.2, 0.25) is 0 Å². The number of benzene rings is 3. The fraction of sp³-hybridized carbons (Fsp3) is 0.192. The Balaban J connectivity index is 1.49. The maximum absolute atomic E-state index is 13.0. The maximum Gasteiger partial charge on any atom is 0.419 e. The average Bonchev–Trinajstić information content (AvgIpc) is 3.30. The summed E-state index contributed by atoms with van der Waals surface area (Å²) in [6.45, 7) is 2.65. The van der Waals surface area contributed by atoms with Gasteiger partial charge in [0.1, 0.15) is 17.4 Å². The molecule has 1 aromatic heterocycles. The van der Waals surface area contributed by atoms with Crippen LogP contribution in [0.25, 0.3) is 11.0 Å². The number of aliphatic hydroxyl groups excluding tert-OH is 1. The first-order valence-corrected chi connectivity index (χ1v) is 11.3. The lowest BCUT2D eigenvalue weighted by atomic mass is 10.2. The van der Waals surface area contributed by atoms with Gasteiger partial charge in [-0.1, -0.05) is 18.2 Å². The van der Waals surface area contributed by atoms with Crippen molar-refractivity contribution in [2.75, 3.05) is 23.4 Å². The first-order chi connectivity index (χ1) is 17.0. The van der Waals surface area contributed by atoms with E-state index in [0.29, 0.717) is 36.5 Å². The van der Waals surface area contributed by atoms with E-state index < -0.39 is 6.09 Å². The number of rotatable bonds is 9. The van der Waals surface area contributed by atoms with Gasteiger partial charge in [-0.25, -0.2) is 9.78 Å². The Labute approximate surface area is 203 Å². The van der Waals surface area contributed by atoms with Gasteiger partial charge in [-0.3, -0.25) is 10.3 Å². The highest BCUT2D eigenvalue weighted by molar-refractivity contribution is 5.95. The van der Waals surface area contributed by atoms with Crippen molar-refractivity contribution in [2.24, 2.45) is 5.73 Å². The molecule has 3 aromatic carbocycles. The number of aliphatic hydroxyl groups is 1. The maximum atomic E-state index is 13.0. The Kier molecular flexibility index (Phi) is 7.27. The molecule has 1 heterocycles. The molecule has 0 saturated heterocycles. The van der Waals surface area contributed by atoms with Crippen LogP contribution in [0.1, 0.15) is 23.4 Å². The zero-order valence-corrected chi connectivity index (χ0v) is 19.4. The molecule has 180 valence electrons. The molecule has 0 aliphatic carbocycles. The monoisotopic (exact) mass is 472 g/mol. The number of nitrogens with one attached hydrogen (secondary N) is 3. The number of nitrogens with zero attached hydrogens (tertiary/aromatic N) is 2. The van der Waals surface area contributed by atoms with Gasteiger partial charge >= 0.3 is 6.09 Å². The summed E-state index contributed by atoms with van der Waals surface area (Å²) in [6, 6.07) is 20.1. The molecule has 0 bridgehead atoms. The lowest BCUT2D eigenvalue weighted by Crippen LogP contribution is -2.35. The Morgan fingerprint density at radius 2 is 1.89 bits per heavy atom. The summed E-state index contributed by atoms with van der Waals surface area (Å²) in [5.41, 5.74) is 10.1. The van der Waals surface area contributed by atoms with Crippen LogP contribution < -0.4 is 20.7 Å². The average molecular weight is 473 g/mol. The van der Waals surface area contributed by atoms with Crippen molar-refractivity contribution >= 4 is 34.3 Å². The second kappa shape index (κ2) is 10.7. The molecule has 0 radical (unpaired) electrons. The van der Waals surface area contributed by atoms with Crippen molar-refractivity contribution in [3.8, 4) is 5.75 Å². The Hall–Kier alpha value is -4.37. The van der Waals surface area contributed by atoms with Crippen molar-refractivity contribution in [1.82, 2.24) is 9.97 Å². The Bertz CT molecular complexity index is 1320. The SMILES string of the molecule is Cc1c(OC(=O)N(CCCO)c2ccccc2)ccc2[nH]c(CNc3ccc(C(=N)N)cc3)nc12. The smallest absolute Gasteiger partial charge is 0.410 e. The number of fused-ring (bicyclic) bond motifs is 1. The minimum Gasteiger partial charge on any atom is -0.410 e. The van der Waals surface area contributed by atoms with Gasteiger partial charge in [-0.15, -0.1) is 0 Å². The van der Waals surface area contributed by atoms with Crippen molar-refractivity contribution in [3.05, 3.63) is 83.7 Å². The Morgan fingerprint density at radius 3 is 2.57 bits per heavy atom. The lowest BCUT2D eigenvalue weighted by Gasteiger charge is -2.22. The second-order valence-electron chi connectivity index (χ2n) is 8.05. The topological polar surface area (TPSA) is 140 Å². The molecule has 0 spiro atoms. The van der Waals surface area contributed by atoms with E-state index >= 15 is 0 Å². The number of aromatic amines is 1. The summed E-state index contributed by atoms with van der Waals surface area (Å²) < 4.78 is 5.74. The molecule has 9 heteroatoms. The quantitative estimate of drug-likeness (QED) is 0.183. The van der Waals surface area contributed by atoms with Crippen LogP contribution in [0.2, 0.25) is 0 Å². The van der Waals surface area contributed by atoms with E-state index in [1.807, 2.05) is 55.5 Å². The van der Waals surface area contributed by atoms with Crippen LogP contribution in [0.15, 0.2) is 66.7 Å². The fourth-order valence-corrected chi connectivity index (χ4v) is 3.70. The molecule has 0 fully saturated rings. The number of aryl methyl sites for hydroxylation is 1. The highest BCUT2D eigenvalue weighted by Crippen LogP contribution is 2.27. The van der Waals surface area contributed by atoms with Crippen LogP contribution in [0, 0.1) is 12.3 Å². The minimum absolute atomic E-state index is 0.0213. The van der Waals surface area contributed by atoms with E-state index in [0.717, 1.165) is 28.1 Å². The second-order valence-corrected chi connectivity index (χ2v) is 8.05. The zero-order chi connectivity index (χ0) is 24.8. The normalized spacial score (nSPS) is 10.8. The van der Waals surface area contributed by atoms with Crippen molar-refractivity contribution < 1.29 is 14.6 Å². The lowest BCUT2D eigenvalue weighted by molar-refractivity contribution is 0.206. The third-order valence-electron chi connectivity index (χ3n) is 5.59. The van der Waals surface area contributed by atoms with Crippen LogP contribution in [-0.2, 0) is 6.54 Å². The summed E-state index contributed by atoms with van der Waals surface area (Å²) in [7, 11) is 0. The number of carbonyl (C=O) groups is 1. The van der Waals surface area contributed by atoms with Gasteiger partial charge in [-0.2, -0.15) is 0 Å². The fourth-order valence-electron chi connectivity index (χ4n) is 3.70. The summed E-state index contributed by atoms with van der Waals surface area (Å²) in [6.07, 6.45) is -0.0755. The number of hydrogen-bond acceptors (Lipinski definition) is 6. The number of aromatic nitrogens is 2. The van der Waals surface area contributed by atoms with Crippen LogP contribution in [0.4, 0.5) is 16.2 Å². The van der Waals surface area contributed by atoms with Crippen LogP contribution in [0.5, 0.6) is 5.75 Å². The zero-order valence-electron chi connectivity index (χ0n) is 19.4. The third-order valence-corrected chi connectivity index (χ3v) is 5.59. The van der Waals surface area contributed by atoms with E-state index in [-0.39, 0.29) is 12.4 Å². The van der Waals surface area contributed by atoms with Crippen LogP contribution >= 0.6 is 0 Å². The number of ether oxygens (including phenoxy) is 1. The van der Waals surface area contributed by atoms with Gasteiger partial charge < -0.3 is 25.9 Å². The van der Waals surface area contributed by atoms with Gasteiger partial charge in [0.05, 0.1) is 17.6 Å². The largest absolute Gasteiger partial charge is 0.419 e. The first-order valence-electron chi connectivity index (χ1n) is 11.3. The molecule has 0 atom stereocenters. The molecule has 1 amide bonds. The summed E-state index contributed by atoms with van der Waals surface area (Å²) >= 11 is 0. The van der Waals surface area contributed by atoms with Crippen molar-refractivity contribution in [1.29, 1.82) is 5.41 Å². The molecule has 9 nitrogen and oxygen atoms in total. The predicted molar refractivity (Wildman–Crippen MR) is 137 cm³/mol.